The van der Waals surface area contributed by atoms with Gasteiger partial charge in [-0.15, -0.1) is 0 Å². The number of benzene rings is 3. The van der Waals surface area contributed by atoms with Gasteiger partial charge in [-0.25, -0.2) is 4.98 Å². The number of hydrogen-bond acceptors (Lipinski definition) is 5. The van der Waals surface area contributed by atoms with Gasteiger partial charge in [0.15, 0.2) is 5.82 Å². The third-order valence-electron chi connectivity index (χ3n) is 7.35. The van der Waals surface area contributed by atoms with Crippen LogP contribution in [0.5, 0.6) is 0 Å². The van der Waals surface area contributed by atoms with E-state index >= 15 is 0 Å². The molecule has 0 unspecified atom stereocenters. The van der Waals surface area contributed by atoms with Crippen molar-refractivity contribution in [1.29, 1.82) is 0 Å². The van der Waals surface area contributed by atoms with E-state index in [1.165, 1.54) is 5.56 Å². The molecule has 0 amide bonds. The number of H-pyrrole nitrogens is 1. The number of aromatic nitrogens is 4. The van der Waals surface area contributed by atoms with E-state index < -0.39 is 6.04 Å². The van der Waals surface area contributed by atoms with E-state index in [-0.39, 0.29) is 18.6 Å². The van der Waals surface area contributed by atoms with Crippen LogP contribution < -0.4 is 0 Å². The van der Waals surface area contributed by atoms with Gasteiger partial charge in [-0.05, 0) is 43.2 Å². The van der Waals surface area contributed by atoms with Crippen molar-refractivity contribution < 1.29 is 9.53 Å². The molecule has 3 heterocycles. The van der Waals surface area contributed by atoms with Crippen LogP contribution in [0.3, 0.4) is 0 Å². The quantitative estimate of drug-likeness (QED) is 0.234. The number of imidazole rings is 1. The van der Waals surface area contributed by atoms with Crippen molar-refractivity contribution >= 4 is 32.8 Å². The van der Waals surface area contributed by atoms with E-state index in [0.717, 1.165) is 43.8 Å². The number of fused-ring (bicyclic) bond motifs is 2. The van der Waals surface area contributed by atoms with Gasteiger partial charge in [-0.1, -0.05) is 76.6 Å². The average Bonchev–Trinajstić information content (AvgIpc) is 3.52. The molecule has 5 aromatic rings. The van der Waals surface area contributed by atoms with Crippen LogP contribution in [0.2, 0.25) is 0 Å². The lowest BCUT2D eigenvalue weighted by Gasteiger charge is -2.37. The minimum Gasteiger partial charge on any atom is -0.460 e. The zero-order chi connectivity index (χ0) is 26.9. The number of carbonyl (C=O) groups is 1. The third kappa shape index (κ3) is 5.14. The lowest BCUT2D eigenvalue weighted by molar-refractivity contribution is -0.153. The number of aromatic amines is 1. The Hall–Kier alpha value is -3.75. The van der Waals surface area contributed by atoms with E-state index in [1.54, 1.807) is 0 Å². The Balaban J connectivity index is 1.39. The molecule has 3 aromatic carbocycles. The summed E-state index contributed by atoms with van der Waals surface area (Å²) in [5.41, 5.74) is 5.95. The van der Waals surface area contributed by atoms with Crippen LogP contribution in [0.25, 0.3) is 22.4 Å². The molecular weight excluding hydrogens is 554 g/mol. The molecule has 8 heteroatoms. The Bertz CT molecular complexity index is 1610. The van der Waals surface area contributed by atoms with Crippen LogP contribution in [0.1, 0.15) is 36.4 Å². The van der Waals surface area contributed by atoms with Crippen molar-refractivity contribution in [3.05, 3.63) is 106 Å². The monoisotopic (exact) mass is 583 g/mol. The fourth-order valence-corrected chi connectivity index (χ4v) is 5.69. The molecule has 0 saturated heterocycles. The Morgan fingerprint density at radius 1 is 1.05 bits per heavy atom. The van der Waals surface area contributed by atoms with Crippen LogP contribution >= 0.6 is 15.9 Å². The van der Waals surface area contributed by atoms with Gasteiger partial charge < -0.3 is 9.30 Å². The van der Waals surface area contributed by atoms with Crippen LogP contribution in [-0.2, 0) is 35.6 Å². The average molecular weight is 585 g/mol. The number of nitrogens with zero attached hydrogens (tertiary/aromatic N) is 4. The second kappa shape index (κ2) is 10.8. The van der Waals surface area contributed by atoms with Gasteiger partial charge in [0.1, 0.15) is 18.3 Å². The highest BCUT2D eigenvalue weighted by Crippen LogP contribution is 2.34. The van der Waals surface area contributed by atoms with Gasteiger partial charge in [0.2, 0.25) is 0 Å². The first-order valence-corrected chi connectivity index (χ1v) is 14.0. The first-order valence-electron chi connectivity index (χ1n) is 13.2. The first kappa shape index (κ1) is 25.5. The standard InChI is InChI=1S/C31H30BrN5O2/c1-20(2)36-18-28-26(16-27(36)31(38)39-19-22-11-7-4-8-12-22)33-30(37(28)17-21-9-5-3-6-10-21)29-24-14-13-23(32)15-25(24)34-35-29/h3-15,20,27H,16-19H2,1-2H3,(H,34,35)/t27-/m0/s1. The number of carbonyl (C=O) groups excluding carboxylic acids is 1. The number of nitrogens with one attached hydrogen (secondary N) is 1. The molecule has 6 rings (SSSR count). The highest BCUT2D eigenvalue weighted by Gasteiger charge is 2.38. The minimum atomic E-state index is -0.402. The van der Waals surface area contributed by atoms with Crippen molar-refractivity contribution in [3.8, 4) is 11.5 Å². The summed E-state index contributed by atoms with van der Waals surface area (Å²) in [5, 5.41) is 8.87. The molecule has 1 aliphatic heterocycles. The predicted octanol–water partition coefficient (Wildman–Crippen LogP) is 6.12. The summed E-state index contributed by atoms with van der Waals surface area (Å²) in [4.78, 5) is 20.8. The molecule has 0 saturated carbocycles. The van der Waals surface area contributed by atoms with Gasteiger partial charge in [0, 0.05) is 35.4 Å². The molecule has 1 aliphatic rings. The number of esters is 1. The molecule has 0 aliphatic carbocycles. The maximum atomic E-state index is 13.4. The zero-order valence-electron chi connectivity index (χ0n) is 22.0. The van der Waals surface area contributed by atoms with Crippen LogP contribution in [0.4, 0.5) is 0 Å². The fraction of sp³-hybridized carbons (Fsp3) is 0.258. The van der Waals surface area contributed by atoms with Gasteiger partial charge in [0.25, 0.3) is 0 Å². The van der Waals surface area contributed by atoms with Crippen molar-refractivity contribution in [2.24, 2.45) is 0 Å². The van der Waals surface area contributed by atoms with Gasteiger partial charge >= 0.3 is 5.97 Å². The van der Waals surface area contributed by atoms with E-state index in [4.69, 9.17) is 9.72 Å². The van der Waals surface area contributed by atoms with Crippen molar-refractivity contribution in [1.82, 2.24) is 24.6 Å². The second-order valence-electron chi connectivity index (χ2n) is 10.2. The van der Waals surface area contributed by atoms with Gasteiger partial charge in [-0.3, -0.25) is 14.8 Å². The zero-order valence-corrected chi connectivity index (χ0v) is 23.6. The third-order valence-corrected chi connectivity index (χ3v) is 7.85. The molecule has 39 heavy (non-hydrogen) atoms. The maximum absolute atomic E-state index is 13.4. The summed E-state index contributed by atoms with van der Waals surface area (Å²) in [6, 6.07) is 26.0. The Morgan fingerprint density at radius 2 is 1.77 bits per heavy atom. The van der Waals surface area contributed by atoms with E-state index in [9.17, 15) is 4.79 Å². The van der Waals surface area contributed by atoms with E-state index in [1.807, 2.05) is 48.5 Å². The molecule has 0 bridgehead atoms. The molecule has 198 valence electrons. The Kier molecular flexibility index (Phi) is 7.06. The Morgan fingerprint density at radius 3 is 2.49 bits per heavy atom. The van der Waals surface area contributed by atoms with Crippen LogP contribution in [0.15, 0.2) is 83.3 Å². The smallest absolute Gasteiger partial charge is 0.324 e. The molecule has 0 radical (unpaired) electrons. The van der Waals surface area contributed by atoms with Gasteiger partial charge in [-0.2, -0.15) is 5.10 Å². The highest BCUT2D eigenvalue weighted by molar-refractivity contribution is 9.10. The Labute approximate surface area is 236 Å². The van der Waals surface area contributed by atoms with E-state index in [0.29, 0.717) is 19.5 Å². The second-order valence-corrected chi connectivity index (χ2v) is 11.2. The summed E-state index contributed by atoms with van der Waals surface area (Å²) in [6.07, 6.45) is 0.490. The number of hydrogen-bond donors (Lipinski definition) is 1. The predicted molar refractivity (Wildman–Crippen MR) is 155 cm³/mol. The van der Waals surface area contributed by atoms with Crippen LogP contribution in [0, 0.1) is 0 Å². The first-order chi connectivity index (χ1) is 19.0. The number of rotatable bonds is 7. The highest BCUT2D eigenvalue weighted by atomic mass is 79.9. The van der Waals surface area contributed by atoms with Crippen molar-refractivity contribution in [3.63, 3.8) is 0 Å². The largest absolute Gasteiger partial charge is 0.460 e. The van der Waals surface area contributed by atoms with Gasteiger partial charge in [0.05, 0.1) is 16.9 Å². The molecule has 7 nitrogen and oxygen atoms in total. The summed E-state index contributed by atoms with van der Waals surface area (Å²) in [7, 11) is 0. The molecule has 0 fully saturated rings. The lowest BCUT2D eigenvalue weighted by atomic mass is 10.0. The minimum absolute atomic E-state index is 0.152. The molecule has 2 aromatic heterocycles. The lowest BCUT2D eigenvalue weighted by Crippen LogP contribution is -2.49. The van der Waals surface area contributed by atoms with Crippen LogP contribution in [-0.4, -0.2) is 42.7 Å². The SMILES string of the molecule is CC(C)N1Cc2c(nc(-c3n[nH]c4cc(Br)ccc34)n2Cc2ccccc2)C[C@H]1C(=O)OCc1ccccc1. The topological polar surface area (TPSA) is 76.0 Å². The molecular formula is C31H30BrN5O2. The molecule has 0 spiro atoms. The summed E-state index contributed by atoms with van der Waals surface area (Å²) < 4.78 is 9.05. The fourth-order valence-electron chi connectivity index (χ4n) is 5.33. The maximum Gasteiger partial charge on any atom is 0.324 e. The number of ether oxygens (including phenoxy) is 1. The van der Waals surface area contributed by atoms with E-state index in [2.05, 4.69) is 79.8 Å². The summed E-state index contributed by atoms with van der Waals surface area (Å²) in [5.74, 6) is 0.590. The summed E-state index contributed by atoms with van der Waals surface area (Å²) >= 11 is 3.55. The summed E-state index contributed by atoms with van der Waals surface area (Å²) in [6.45, 7) is 5.78. The van der Waals surface area contributed by atoms with Crippen molar-refractivity contribution in [2.75, 3.05) is 0 Å². The normalized spacial score (nSPS) is 15.5. The van der Waals surface area contributed by atoms with Crippen molar-refractivity contribution in [2.45, 2.75) is 52.0 Å². The number of halogens is 1. The molecule has 1 atom stereocenters. The molecule has 1 N–H and O–H groups in total.